The van der Waals surface area contributed by atoms with Crippen LogP contribution in [0.2, 0.25) is 0 Å². The third-order valence-electron chi connectivity index (χ3n) is 3.06. The number of urea groups is 1. The predicted molar refractivity (Wildman–Crippen MR) is 99.4 cm³/mol. The number of hydrogen-bond acceptors (Lipinski definition) is 7. The summed E-state index contributed by atoms with van der Waals surface area (Å²) in [6.07, 6.45) is 1.70. The molecule has 0 saturated carbocycles. The van der Waals surface area contributed by atoms with E-state index in [1.54, 1.807) is 12.3 Å². The van der Waals surface area contributed by atoms with Crippen molar-refractivity contribution in [2.45, 2.75) is 0 Å². The lowest BCUT2D eigenvalue weighted by atomic mass is 10.4. The zero-order valence-electron chi connectivity index (χ0n) is 13.3. The highest BCUT2D eigenvalue weighted by molar-refractivity contribution is 7.14. The van der Waals surface area contributed by atoms with Crippen molar-refractivity contribution in [2.24, 2.45) is 0 Å². The second-order valence-electron chi connectivity index (χ2n) is 4.93. The van der Waals surface area contributed by atoms with Gasteiger partial charge in [-0.3, -0.25) is 5.32 Å². The summed E-state index contributed by atoms with van der Waals surface area (Å²) < 4.78 is 0. The predicted octanol–water partition coefficient (Wildman–Crippen LogP) is 2.91. The number of amides is 2. The number of rotatable bonds is 7. The van der Waals surface area contributed by atoms with Crippen molar-refractivity contribution in [3.05, 3.63) is 54.0 Å². The van der Waals surface area contributed by atoms with Crippen molar-refractivity contribution in [3.63, 3.8) is 0 Å². The van der Waals surface area contributed by atoms with Crippen molar-refractivity contribution in [2.75, 3.05) is 29.0 Å². The molecule has 4 N–H and O–H groups in total. The van der Waals surface area contributed by atoms with Gasteiger partial charge in [0, 0.05) is 19.3 Å². The van der Waals surface area contributed by atoms with Gasteiger partial charge in [0.25, 0.3) is 0 Å². The van der Waals surface area contributed by atoms with Crippen molar-refractivity contribution >= 4 is 39.8 Å². The third kappa shape index (κ3) is 5.43. The summed E-state index contributed by atoms with van der Waals surface area (Å²) in [5.41, 5.74) is 0. The Morgan fingerprint density at radius 1 is 0.960 bits per heavy atom. The molecule has 0 aliphatic carbocycles. The molecule has 0 aliphatic rings. The van der Waals surface area contributed by atoms with E-state index in [1.165, 1.54) is 11.3 Å². The number of thiophene rings is 1. The summed E-state index contributed by atoms with van der Waals surface area (Å²) in [7, 11) is 0. The topological polar surface area (TPSA) is 104 Å². The first-order chi connectivity index (χ1) is 12.3. The Bertz CT molecular complexity index is 778. The number of carbonyl (C=O) groups excluding carboxylic acids is 1. The minimum absolute atomic E-state index is 0.231. The van der Waals surface area contributed by atoms with Crippen molar-refractivity contribution in [3.8, 4) is 0 Å². The maximum Gasteiger partial charge on any atom is 0.319 e. The quantitative estimate of drug-likeness (QED) is 0.486. The Hall–Kier alpha value is -3.20. The molecular formula is C16H17N7OS. The first-order valence-corrected chi connectivity index (χ1v) is 8.51. The molecule has 3 aromatic rings. The lowest BCUT2D eigenvalue weighted by molar-refractivity contribution is 0.252. The lowest BCUT2D eigenvalue weighted by Gasteiger charge is -2.08. The van der Waals surface area contributed by atoms with E-state index in [1.807, 2.05) is 41.8 Å². The van der Waals surface area contributed by atoms with Crippen LogP contribution in [0.3, 0.4) is 0 Å². The van der Waals surface area contributed by atoms with Gasteiger partial charge in [-0.1, -0.05) is 6.07 Å². The zero-order valence-corrected chi connectivity index (χ0v) is 14.1. The van der Waals surface area contributed by atoms with E-state index in [-0.39, 0.29) is 6.03 Å². The normalized spacial score (nSPS) is 10.1. The van der Waals surface area contributed by atoms with Gasteiger partial charge in [-0.15, -0.1) is 21.5 Å². The van der Waals surface area contributed by atoms with E-state index in [0.29, 0.717) is 30.5 Å². The SMILES string of the molecule is O=C(NCCNc1ccc(Nc2ccccn2)nn1)Nc1cccs1. The number of aromatic nitrogens is 3. The molecule has 0 unspecified atom stereocenters. The summed E-state index contributed by atoms with van der Waals surface area (Å²) >= 11 is 1.47. The standard InChI is InChI=1S/C16H17N7OS/c24-16(21-15-5-3-11-25-15)19-10-9-18-13-6-7-14(23-22-13)20-12-4-1-2-8-17-12/h1-8,11H,9-10H2,(H,18,22)(H,17,20,23)(H2,19,21,24). The van der Waals surface area contributed by atoms with Gasteiger partial charge in [-0.2, -0.15) is 0 Å². The van der Waals surface area contributed by atoms with E-state index in [2.05, 4.69) is 36.4 Å². The average Bonchev–Trinajstić information content (AvgIpc) is 3.14. The van der Waals surface area contributed by atoms with E-state index >= 15 is 0 Å². The Morgan fingerprint density at radius 2 is 1.84 bits per heavy atom. The molecule has 3 rings (SSSR count). The highest BCUT2D eigenvalue weighted by Crippen LogP contribution is 2.14. The largest absolute Gasteiger partial charge is 0.367 e. The van der Waals surface area contributed by atoms with Gasteiger partial charge in [0.05, 0.1) is 5.00 Å². The monoisotopic (exact) mass is 355 g/mol. The van der Waals surface area contributed by atoms with E-state index in [9.17, 15) is 4.79 Å². The second-order valence-corrected chi connectivity index (χ2v) is 5.88. The van der Waals surface area contributed by atoms with Crippen molar-refractivity contribution < 1.29 is 4.79 Å². The zero-order chi connectivity index (χ0) is 17.3. The van der Waals surface area contributed by atoms with Crippen LogP contribution >= 0.6 is 11.3 Å². The highest BCUT2D eigenvalue weighted by Gasteiger charge is 2.02. The Labute approximate surface area is 148 Å². The average molecular weight is 355 g/mol. The smallest absolute Gasteiger partial charge is 0.319 e. The number of hydrogen-bond donors (Lipinski definition) is 4. The van der Waals surface area contributed by atoms with Crippen molar-refractivity contribution in [1.29, 1.82) is 0 Å². The molecule has 25 heavy (non-hydrogen) atoms. The second kappa shape index (κ2) is 8.60. The van der Waals surface area contributed by atoms with Gasteiger partial charge in [-0.05, 0) is 41.8 Å². The summed E-state index contributed by atoms with van der Waals surface area (Å²) in [5.74, 6) is 1.95. The van der Waals surface area contributed by atoms with Crippen LogP contribution in [0.5, 0.6) is 0 Å². The van der Waals surface area contributed by atoms with Gasteiger partial charge in [-0.25, -0.2) is 9.78 Å². The molecule has 2 amide bonds. The summed E-state index contributed by atoms with van der Waals surface area (Å²) in [6.45, 7) is 1.01. The fourth-order valence-electron chi connectivity index (χ4n) is 1.93. The number of nitrogens with one attached hydrogen (secondary N) is 4. The molecule has 128 valence electrons. The molecule has 0 aromatic carbocycles. The van der Waals surface area contributed by atoms with Gasteiger partial charge < -0.3 is 16.0 Å². The lowest BCUT2D eigenvalue weighted by Crippen LogP contribution is -2.32. The summed E-state index contributed by atoms with van der Waals surface area (Å²) in [6, 6.07) is 12.7. The molecule has 3 heterocycles. The van der Waals surface area contributed by atoms with Gasteiger partial charge >= 0.3 is 6.03 Å². The number of carbonyl (C=O) groups is 1. The van der Waals surface area contributed by atoms with Gasteiger partial charge in [0.2, 0.25) is 0 Å². The molecule has 0 atom stereocenters. The third-order valence-corrected chi connectivity index (χ3v) is 3.85. The Balaban J connectivity index is 1.38. The number of nitrogens with zero attached hydrogens (tertiary/aromatic N) is 3. The maximum absolute atomic E-state index is 11.7. The first-order valence-electron chi connectivity index (χ1n) is 7.63. The molecule has 0 spiro atoms. The molecule has 0 saturated heterocycles. The molecule has 0 bridgehead atoms. The van der Waals surface area contributed by atoms with Crippen LogP contribution in [0.15, 0.2) is 54.0 Å². The number of anilines is 4. The van der Waals surface area contributed by atoms with Crippen LogP contribution in [0.25, 0.3) is 0 Å². The molecule has 3 aromatic heterocycles. The fraction of sp³-hybridized carbons (Fsp3) is 0.125. The van der Waals surface area contributed by atoms with Crippen LogP contribution in [0, 0.1) is 0 Å². The van der Waals surface area contributed by atoms with Crippen LogP contribution in [0.1, 0.15) is 0 Å². The van der Waals surface area contributed by atoms with Gasteiger partial charge in [0.15, 0.2) is 5.82 Å². The fourth-order valence-corrected chi connectivity index (χ4v) is 2.55. The summed E-state index contributed by atoms with van der Waals surface area (Å²) in [4.78, 5) is 15.8. The molecular weight excluding hydrogens is 338 g/mol. The van der Waals surface area contributed by atoms with Crippen LogP contribution in [0.4, 0.5) is 27.2 Å². The molecule has 0 radical (unpaired) electrons. The molecule has 9 heteroatoms. The van der Waals surface area contributed by atoms with E-state index in [4.69, 9.17) is 0 Å². The Morgan fingerprint density at radius 3 is 2.56 bits per heavy atom. The van der Waals surface area contributed by atoms with Crippen LogP contribution < -0.4 is 21.3 Å². The minimum Gasteiger partial charge on any atom is -0.367 e. The maximum atomic E-state index is 11.7. The number of pyridine rings is 1. The molecule has 0 aliphatic heterocycles. The summed E-state index contributed by atoms with van der Waals surface area (Å²) in [5, 5.41) is 22.5. The van der Waals surface area contributed by atoms with E-state index < -0.39 is 0 Å². The van der Waals surface area contributed by atoms with E-state index in [0.717, 1.165) is 5.00 Å². The van der Waals surface area contributed by atoms with Gasteiger partial charge in [0.1, 0.15) is 11.6 Å². The highest BCUT2D eigenvalue weighted by atomic mass is 32.1. The Kier molecular flexibility index (Phi) is 5.73. The van der Waals surface area contributed by atoms with Crippen molar-refractivity contribution in [1.82, 2.24) is 20.5 Å². The molecule has 0 fully saturated rings. The minimum atomic E-state index is -0.231. The van der Waals surface area contributed by atoms with Crippen LogP contribution in [-0.2, 0) is 0 Å². The molecule has 8 nitrogen and oxygen atoms in total. The first kappa shape index (κ1) is 16.7. The van der Waals surface area contributed by atoms with Crippen LogP contribution in [-0.4, -0.2) is 34.3 Å².